The van der Waals surface area contributed by atoms with Crippen molar-refractivity contribution in [2.45, 2.75) is 25.5 Å². The summed E-state index contributed by atoms with van der Waals surface area (Å²) in [6.07, 6.45) is 5.26. The number of pyridine rings is 2. The average molecular weight is 478 g/mol. The largest absolute Gasteiger partial charge is 0.395 e. The number of aliphatic hydroxyl groups excluding tert-OH is 2. The Morgan fingerprint density at radius 2 is 1.97 bits per heavy atom. The molecule has 0 bridgehead atoms. The van der Waals surface area contributed by atoms with Crippen LogP contribution in [-0.4, -0.2) is 62.2 Å². The van der Waals surface area contributed by atoms with Crippen LogP contribution < -0.4 is 15.5 Å². The van der Waals surface area contributed by atoms with Crippen LogP contribution in [0, 0.1) is 5.82 Å². The second kappa shape index (κ2) is 10.3. The minimum Gasteiger partial charge on any atom is -0.395 e. The van der Waals surface area contributed by atoms with Gasteiger partial charge in [-0.15, -0.1) is 0 Å². The predicted molar refractivity (Wildman–Crippen MR) is 133 cm³/mol. The molecule has 0 radical (unpaired) electrons. The number of nitrogens with zero attached hydrogens (tertiary/aromatic N) is 5. The monoisotopic (exact) mass is 477 g/mol. The minimum absolute atomic E-state index is 0.0560. The summed E-state index contributed by atoms with van der Waals surface area (Å²) in [7, 11) is 0. The number of anilines is 3. The van der Waals surface area contributed by atoms with Crippen molar-refractivity contribution in [1.29, 1.82) is 0 Å². The number of rotatable bonds is 8. The van der Waals surface area contributed by atoms with E-state index >= 15 is 0 Å². The maximum absolute atomic E-state index is 14.9. The Morgan fingerprint density at radius 3 is 2.74 bits per heavy atom. The number of hydrogen-bond acceptors (Lipinski definition) is 8. The van der Waals surface area contributed by atoms with E-state index in [1.165, 1.54) is 10.7 Å². The zero-order chi connectivity index (χ0) is 24.2. The van der Waals surface area contributed by atoms with Gasteiger partial charge in [-0.1, -0.05) is 0 Å². The molecule has 1 aliphatic rings. The third kappa shape index (κ3) is 4.95. The van der Waals surface area contributed by atoms with Crippen LogP contribution in [0.3, 0.4) is 0 Å². The fourth-order valence-corrected chi connectivity index (χ4v) is 4.50. The summed E-state index contributed by atoms with van der Waals surface area (Å²) in [5.74, 6) is 0.815. The molecule has 0 aliphatic carbocycles. The highest BCUT2D eigenvalue weighted by Gasteiger charge is 2.22. The first-order chi connectivity index (χ1) is 17.2. The molecule has 9 nitrogen and oxygen atoms in total. The molecule has 0 spiro atoms. The standard InChI is InChI=1S/C25H28FN7O2/c26-21-13-19(33-20(16-35)7-10-29-33)2-3-22(21)30-24-14-23-17(15-28-24)1-4-25(31-23)32(11-12-34)18-5-8-27-9-6-18/h1-4,7,10,13-15,18,27,34-35H,5-6,8-9,11-12,16H2,(H,28,30). The number of aliphatic hydroxyl groups is 2. The SMILES string of the molecule is OCCN(c1ccc2cnc(Nc3ccc(-n4nccc4CO)cc3F)cc2n1)C1CCNCC1. The van der Waals surface area contributed by atoms with Gasteiger partial charge in [0, 0.05) is 42.5 Å². The lowest BCUT2D eigenvalue weighted by Crippen LogP contribution is -2.44. The Kier molecular flexibility index (Phi) is 6.84. The summed E-state index contributed by atoms with van der Waals surface area (Å²) >= 11 is 0. The van der Waals surface area contributed by atoms with Crippen molar-refractivity contribution < 1.29 is 14.6 Å². The average Bonchev–Trinajstić information content (AvgIpc) is 3.38. The molecule has 0 saturated carbocycles. The highest BCUT2D eigenvalue weighted by molar-refractivity contribution is 5.82. The minimum atomic E-state index is -0.467. The van der Waals surface area contributed by atoms with Crippen molar-refractivity contribution >= 4 is 28.2 Å². The molecule has 1 aliphatic heterocycles. The number of piperidine rings is 1. The summed E-state index contributed by atoms with van der Waals surface area (Å²) < 4.78 is 16.4. The highest BCUT2D eigenvalue weighted by atomic mass is 19.1. The van der Waals surface area contributed by atoms with Gasteiger partial charge < -0.3 is 25.7 Å². The third-order valence-electron chi connectivity index (χ3n) is 6.29. The zero-order valence-electron chi connectivity index (χ0n) is 19.2. The molecular formula is C25H28FN7O2. The lowest BCUT2D eigenvalue weighted by Gasteiger charge is -2.35. The molecule has 4 heterocycles. The van der Waals surface area contributed by atoms with E-state index in [0.29, 0.717) is 29.8 Å². The Bertz CT molecular complexity index is 1310. The third-order valence-corrected chi connectivity index (χ3v) is 6.29. The lowest BCUT2D eigenvalue weighted by atomic mass is 10.0. The van der Waals surface area contributed by atoms with Crippen LogP contribution >= 0.6 is 0 Å². The quantitative estimate of drug-likeness (QED) is 0.307. The Labute approximate surface area is 202 Å². The number of aromatic nitrogens is 4. The molecule has 0 amide bonds. The first kappa shape index (κ1) is 23.2. The van der Waals surface area contributed by atoms with Crippen LogP contribution in [0.25, 0.3) is 16.6 Å². The maximum Gasteiger partial charge on any atom is 0.148 e. The van der Waals surface area contributed by atoms with E-state index in [-0.39, 0.29) is 18.9 Å². The van der Waals surface area contributed by atoms with Crippen LogP contribution in [0.1, 0.15) is 18.5 Å². The lowest BCUT2D eigenvalue weighted by molar-refractivity contribution is 0.273. The molecule has 5 rings (SSSR count). The summed E-state index contributed by atoms with van der Waals surface area (Å²) in [4.78, 5) is 11.4. The van der Waals surface area contributed by atoms with Gasteiger partial charge in [0.2, 0.25) is 0 Å². The first-order valence-corrected chi connectivity index (χ1v) is 11.7. The van der Waals surface area contributed by atoms with Crippen molar-refractivity contribution in [2.75, 3.05) is 36.5 Å². The molecule has 4 aromatic rings. The molecule has 0 unspecified atom stereocenters. The van der Waals surface area contributed by atoms with E-state index in [9.17, 15) is 14.6 Å². The molecule has 182 valence electrons. The summed E-state index contributed by atoms with van der Waals surface area (Å²) in [6.45, 7) is 2.28. The van der Waals surface area contributed by atoms with Crippen molar-refractivity contribution in [3.63, 3.8) is 0 Å². The van der Waals surface area contributed by atoms with Gasteiger partial charge in [-0.25, -0.2) is 19.0 Å². The van der Waals surface area contributed by atoms with Crippen LogP contribution in [0.2, 0.25) is 0 Å². The van der Waals surface area contributed by atoms with Gasteiger partial charge in [0.1, 0.15) is 17.5 Å². The van der Waals surface area contributed by atoms with Crippen LogP contribution in [0.4, 0.5) is 21.7 Å². The predicted octanol–water partition coefficient (Wildman–Crippen LogP) is 2.74. The molecule has 0 atom stereocenters. The topological polar surface area (TPSA) is 111 Å². The van der Waals surface area contributed by atoms with Crippen LogP contribution in [0.15, 0.2) is 54.9 Å². The van der Waals surface area contributed by atoms with E-state index < -0.39 is 5.82 Å². The molecule has 1 aromatic carbocycles. The fraction of sp³-hybridized carbons (Fsp3) is 0.320. The summed E-state index contributed by atoms with van der Waals surface area (Å²) in [5.41, 5.74) is 2.09. The Morgan fingerprint density at radius 1 is 1.11 bits per heavy atom. The van der Waals surface area contributed by atoms with E-state index in [1.54, 1.807) is 36.7 Å². The number of halogens is 1. The van der Waals surface area contributed by atoms with Gasteiger partial charge >= 0.3 is 0 Å². The number of benzene rings is 1. The van der Waals surface area contributed by atoms with Gasteiger partial charge in [-0.2, -0.15) is 5.10 Å². The van der Waals surface area contributed by atoms with E-state index in [2.05, 4.69) is 25.6 Å². The molecule has 35 heavy (non-hydrogen) atoms. The van der Waals surface area contributed by atoms with Crippen LogP contribution in [-0.2, 0) is 6.61 Å². The van der Waals surface area contributed by atoms with Gasteiger partial charge in [0.15, 0.2) is 0 Å². The van der Waals surface area contributed by atoms with Gasteiger partial charge in [0.05, 0.1) is 35.8 Å². The summed E-state index contributed by atoms with van der Waals surface area (Å²) in [6, 6.07) is 12.4. The molecule has 10 heteroatoms. The highest BCUT2D eigenvalue weighted by Crippen LogP contribution is 2.26. The number of nitrogens with one attached hydrogen (secondary N) is 2. The van der Waals surface area contributed by atoms with E-state index in [4.69, 9.17) is 4.98 Å². The van der Waals surface area contributed by atoms with Crippen molar-refractivity contribution in [2.24, 2.45) is 0 Å². The van der Waals surface area contributed by atoms with Gasteiger partial charge in [0.25, 0.3) is 0 Å². The molecule has 1 saturated heterocycles. The van der Waals surface area contributed by atoms with Crippen molar-refractivity contribution in [3.05, 3.63) is 66.4 Å². The second-order valence-electron chi connectivity index (χ2n) is 8.51. The van der Waals surface area contributed by atoms with E-state index in [0.717, 1.165) is 42.7 Å². The van der Waals surface area contributed by atoms with E-state index in [1.807, 2.05) is 12.1 Å². The maximum atomic E-state index is 14.9. The molecule has 3 aromatic heterocycles. The van der Waals surface area contributed by atoms with Crippen LogP contribution in [0.5, 0.6) is 0 Å². The second-order valence-corrected chi connectivity index (χ2v) is 8.51. The Balaban J connectivity index is 1.40. The molecule has 1 fully saturated rings. The molecule has 4 N–H and O–H groups in total. The van der Waals surface area contributed by atoms with Crippen molar-refractivity contribution in [1.82, 2.24) is 25.1 Å². The summed E-state index contributed by atoms with van der Waals surface area (Å²) in [5, 5.41) is 30.5. The number of fused-ring (bicyclic) bond motifs is 1. The van der Waals surface area contributed by atoms with Gasteiger partial charge in [-0.05, 0) is 56.3 Å². The number of hydrogen-bond donors (Lipinski definition) is 4. The first-order valence-electron chi connectivity index (χ1n) is 11.7. The molecular weight excluding hydrogens is 449 g/mol. The smallest absolute Gasteiger partial charge is 0.148 e. The van der Waals surface area contributed by atoms with Crippen molar-refractivity contribution in [3.8, 4) is 5.69 Å². The van der Waals surface area contributed by atoms with Gasteiger partial charge in [-0.3, -0.25) is 0 Å². The zero-order valence-corrected chi connectivity index (χ0v) is 19.2. The Hall–Kier alpha value is -3.60. The fourth-order valence-electron chi connectivity index (χ4n) is 4.50. The normalized spacial score (nSPS) is 14.4.